The lowest BCUT2D eigenvalue weighted by Crippen LogP contribution is -2.38. The summed E-state index contributed by atoms with van der Waals surface area (Å²) in [5.41, 5.74) is 2.85. The van der Waals surface area contributed by atoms with E-state index in [2.05, 4.69) is 20.6 Å². The lowest BCUT2D eigenvalue weighted by Gasteiger charge is -2.12. The minimum Gasteiger partial charge on any atom is -0.357 e. The van der Waals surface area contributed by atoms with Crippen LogP contribution in [0.5, 0.6) is 0 Å². The summed E-state index contributed by atoms with van der Waals surface area (Å²) in [6, 6.07) is 0. The van der Waals surface area contributed by atoms with Gasteiger partial charge in [-0.25, -0.2) is 9.98 Å². The number of rotatable bonds is 5. The number of aromatic nitrogens is 1. The third kappa shape index (κ3) is 6.51. The third-order valence-electron chi connectivity index (χ3n) is 2.48. The van der Waals surface area contributed by atoms with Crippen LogP contribution in [-0.2, 0) is 11.3 Å². The summed E-state index contributed by atoms with van der Waals surface area (Å²) in [5, 5.41) is 6.31. The zero-order valence-electron chi connectivity index (χ0n) is 12.3. The first kappa shape index (κ1) is 19.1. The first-order valence-electron chi connectivity index (χ1n) is 6.15. The summed E-state index contributed by atoms with van der Waals surface area (Å²) < 4.78 is 0. The maximum atomic E-state index is 11.5. The maximum Gasteiger partial charge on any atom is 0.243 e. The molecule has 0 fully saturated rings. The number of nitrogens with zero attached hydrogens (tertiary/aromatic N) is 3. The predicted octanol–water partition coefficient (Wildman–Crippen LogP) is 1.21. The molecule has 1 amide bonds. The molecule has 0 saturated heterocycles. The van der Waals surface area contributed by atoms with Gasteiger partial charge in [0.05, 0.1) is 17.7 Å². The zero-order valence-corrected chi connectivity index (χ0v) is 15.4. The van der Waals surface area contributed by atoms with Gasteiger partial charge in [0.15, 0.2) is 5.96 Å². The van der Waals surface area contributed by atoms with E-state index in [1.807, 2.05) is 19.4 Å². The number of halogens is 1. The van der Waals surface area contributed by atoms with E-state index < -0.39 is 0 Å². The van der Waals surface area contributed by atoms with Crippen LogP contribution >= 0.6 is 35.3 Å². The molecule has 0 saturated carbocycles. The SMILES string of the molecule is CCNC(=NCC(=O)N(C)C)NCc1scnc1C.I. The summed E-state index contributed by atoms with van der Waals surface area (Å²) in [4.78, 5) is 22.6. The van der Waals surface area contributed by atoms with Crippen molar-refractivity contribution in [2.45, 2.75) is 20.4 Å². The van der Waals surface area contributed by atoms with E-state index in [4.69, 9.17) is 0 Å². The Labute approximate surface area is 141 Å². The van der Waals surface area contributed by atoms with Crippen molar-refractivity contribution in [3.8, 4) is 0 Å². The van der Waals surface area contributed by atoms with Crippen molar-refractivity contribution in [1.82, 2.24) is 20.5 Å². The molecule has 6 nitrogen and oxygen atoms in total. The number of aryl methyl sites for hydroxylation is 1. The van der Waals surface area contributed by atoms with Crippen molar-refractivity contribution < 1.29 is 4.79 Å². The number of carbonyl (C=O) groups excluding carboxylic acids is 1. The molecule has 1 heterocycles. The van der Waals surface area contributed by atoms with E-state index in [-0.39, 0.29) is 36.4 Å². The molecule has 0 spiro atoms. The van der Waals surface area contributed by atoms with Gasteiger partial charge in [-0.3, -0.25) is 4.79 Å². The fourth-order valence-electron chi connectivity index (χ4n) is 1.29. The average molecular weight is 411 g/mol. The van der Waals surface area contributed by atoms with E-state index in [1.165, 1.54) is 9.78 Å². The molecule has 0 aliphatic rings. The minimum absolute atomic E-state index is 0. The highest BCUT2D eigenvalue weighted by Gasteiger charge is 2.05. The Balaban J connectivity index is 0.00000361. The third-order valence-corrected chi connectivity index (χ3v) is 3.41. The highest BCUT2D eigenvalue weighted by atomic mass is 127. The summed E-state index contributed by atoms with van der Waals surface area (Å²) in [6.07, 6.45) is 0. The largest absolute Gasteiger partial charge is 0.357 e. The molecule has 0 radical (unpaired) electrons. The second-order valence-electron chi connectivity index (χ2n) is 4.20. The van der Waals surface area contributed by atoms with Crippen molar-refractivity contribution in [2.24, 2.45) is 4.99 Å². The number of hydrogen-bond acceptors (Lipinski definition) is 4. The van der Waals surface area contributed by atoms with E-state index in [9.17, 15) is 4.79 Å². The number of thiazole rings is 1. The van der Waals surface area contributed by atoms with Crippen molar-refractivity contribution in [3.63, 3.8) is 0 Å². The molecule has 0 bridgehead atoms. The van der Waals surface area contributed by atoms with Gasteiger partial charge in [-0.1, -0.05) is 0 Å². The standard InChI is InChI=1S/C12H21N5OS.HI/c1-5-13-12(15-7-11(18)17(3)4)14-6-10-9(2)16-8-19-10;/h8H,5-7H2,1-4H3,(H2,13,14,15);1H. The van der Waals surface area contributed by atoms with Crippen LogP contribution < -0.4 is 10.6 Å². The van der Waals surface area contributed by atoms with Gasteiger partial charge in [0, 0.05) is 25.5 Å². The van der Waals surface area contributed by atoms with Gasteiger partial charge in [-0.15, -0.1) is 35.3 Å². The van der Waals surface area contributed by atoms with Crippen LogP contribution in [0.25, 0.3) is 0 Å². The summed E-state index contributed by atoms with van der Waals surface area (Å²) in [6.45, 7) is 5.53. The molecule has 0 aliphatic carbocycles. The number of carbonyl (C=O) groups is 1. The van der Waals surface area contributed by atoms with Crippen molar-refractivity contribution in [2.75, 3.05) is 27.2 Å². The quantitative estimate of drug-likeness (QED) is 0.434. The molecule has 2 N–H and O–H groups in total. The van der Waals surface area contributed by atoms with Gasteiger partial charge >= 0.3 is 0 Å². The van der Waals surface area contributed by atoms with Crippen LogP contribution in [0, 0.1) is 6.92 Å². The van der Waals surface area contributed by atoms with E-state index in [0.717, 1.165) is 12.2 Å². The Bertz CT molecular complexity index is 447. The van der Waals surface area contributed by atoms with Crippen LogP contribution in [0.2, 0.25) is 0 Å². The molecular weight excluding hydrogens is 389 g/mol. The monoisotopic (exact) mass is 411 g/mol. The molecule has 0 atom stereocenters. The van der Waals surface area contributed by atoms with Crippen LogP contribution in [0.15, 0.2) is 10.5 Å². The average Bonchev–Trinajstić information content (AvgIpc) is 2.78. The van der Waals surface area contributed by atoms with E-state index in [1.54, 1.807) is 25.4 Å². The first-order valence-corrected chi connectivity index (χ1v) is 7.03. The lowest BCUT2D eigenvalue weighted by atomic mass is 10.4. The Hall–Kier alpha value is -0.900. The number of guanidine groups is 1. The summed E-state index contributed by atoms with van der Waals surface area (Å²) in [7, 11) is 3.44. The molecule has 114 valence electrons. The summed E-state index contributed by atoms with van der Waals surface area (Å²) in [5.74, 6) is 0.622. The Kier molecular flexibility index (Phi) is 9.47. The predicted molar refractivity (Wildman–Crippen MR) is 93.8 cm³/mol. The highest BCUT2D eigenvalue weighted by Crippen LogP contribution is 2.10. The van der Waals surface area contributed by atoms with Crippen LogP contribution in [0.4, 0.5) is 0 Å². The first-order chi connectivity index (χ1) is 9.04. The number of likely N-dealkylation sites (N-methyl/N-ethyl adjacent to an activating group) is 1. The fourth-order valence-corrected chi connectivity index (χ4v) is 2.01. The normalized spacial score (nSPS) is 10.7. The van der Waals surface area contributed by atoms with E-state index >= 15 is 0 Å². The van der Waals surface area contributed by atoms with Gasteiger partial charge in [-0.05, 0) is 13.8 Å². The highest BCUT2D eigenvalue weighted by molar-refractivity contribution is 14.0. The second-order valence-corrected chi connectivity index (χ2v) is 5.14. The van der Waals surface area contributed by atoms with Gasteiger partial charge in [0.1, 0.15) is 6.54 Å². The molecule has 0 aromatic carbocycles. The molecule has 20 heavy (non-hydrogen) atoms. The Morgan fingerprint density at radius 1 is 1.45 bits per heavy atom. The molecule has 1 aromatic rings. The number of amides is 1. The van der Waals surface area contributed by atoms with Crippen LogP contribution in [0.3, 0.4) is 0 Å². The molecule has 1 rings (SSSR count). The summed E-state index contributed by atoms with van der Waals surface area (Å²) >= 11 is 1.61. The van der Waals surface area contributed by atoms with Gasteiger partial charge in [-0.2, -0.15) is 0 Å². The van der Waals surface area contributed by atoms with Gasteiger partial charge in [0.25, 0.3) is 0 Å². The Morgan fingerprint density at radius 3 is 2.65 bits per heavy atom. The van der Waals surface area contributed by atoms with E-state index in [0.29, 0.717) is 12.5 Å². The molecular formula is C12H22IN5OS. The number of nitrogens with one attached hydrogen (secondary N) is 2. The Morgan fingerprint density at radius 2 is 2.15 bits per heavy atom. The minimum atomic E-state index is -0.0221. The molecule has 0 unspecified atom stereocenters. The van der Waals surface area contributed by atoms with Crippen molar-refractivity contribution >= 4 is 47.2 Å². The van der Waals surface area contributed by atoms with Gasteiger partial charge < -0.3 is 15.5 Å². The van der Waals surface area contributed by atoms with Crippen molar-refractivity contribution in [3.05, 3.63) is 16.1 Å². The second kappa shape index (κ2) is 9.92. The smallest absolute Gasteiger partial charge is 0.243 e. The molecule has 1 aromatic heterocycles. The number of hydrogen-bond donors (Lipinski definition) is 2. The molecule has 8 heteroatoms. The fraction of sp³-hybridized carbons (Fsp3) is 0.583. The molecule has 0 aliphatic heterocycles. The van der Waals surface area contributed by atoms with Gasteiger partial charge in [0.2, 0.25) is 5.91 Å². The zero-order chi connectivity index (χ0) is 14.3. The lowest BCUT2D eigenvalue weighted by molar-refractivity contribution is -0.127. The van der Waals surface area contributed by atoms with Crippen LogP contribution in [-0.4, -0.2) is 48.9 Å². The van der Waals surface area contributed by atoms with Crippen LogP contribution in [0.1, 0.15) is 17.5 Å². The maximum absolute atomic E-state index is 11.5. The topological polar surface area (TPSA) is 69.6 Å². The number of aliphatic imine (C=N–C) groups is 1. The van der Waals surface area contributed by atoms with Crippen molar-refractivity contribution in [1.29, 1.82) is 0 Å².